The van der Waals surface area contributed by atoms with Crippen molar-refractivity contribution in [3.8, 4) is 22.3 Å². The smallest absolute Gasteiger partial charge is 0.339 e. The van der Waals surface area contributed by atoms with Gasteiger partial charge in [0.2, 0.25) is 0 Å². The number of furan rings is 1. The molecule has 0 amide bonds. The minimum absolute atomic E-state index is 0.180. The van der Waals surface area contributed by atoms with Crippen LogP contribution in [0.5, 0.6) is 0 Å². The zero-order valence-corrected chi connectivity index (χ0v) is 18.1. The molecule has 3 heteroatoms. The number of hydrogen-bond donors (Lipinski definition) is 0. The summed E-state index contributed by atoms with van der Waals surface area (Å²) in [6.07, 6.45) is 6.88. The molecular weight excluding hydrogens is 396 g/mol. The van der Waals surface area contributed by atoms with E-state index in [9.17, 15) is 4.79 Å². The van der Waals surface area contributed by atoms with Crippen LogP contribution in [0, 0.1) is 6.92 Å². The quantitative estimate of drug-likeness (QED) is 0.220. The van der Waals surface area contributed by atoms with Crippen molar-refractivity contribution in [2.24, 2.45) is 0 Å². The van der Waals surface area contributed by atoms with Gasteiger partial charge in [-0.1, -0.05) is 61.0 Å². The SMILES string of the molecule is Cc1c2occ(-c3ccc(-c4ccccc4)cc3)c2cc2c3c(c(=O)oc12)CCCCC3. The van der Waals surface area contributed by atoms with E-state index in [1.807, 2.05) is 19.3 Å². The van der Waals surface area contributed by atoms with E-state index in [1.54, 1.807) is 0 Å². The molecule has 158 valence electrons. The molecule has 0 fully saturated rings. The summed E-state index contributed by atoms with van der Waals surface area (Å²) >= 11 is 0. The fourth-order valence-corrected chi connectivity index (χ4v) is 5.13. The van der Waals surface area contributed by atoms with Crippen molar-refractivity contribution < 1.29 is 8.83 Å². The Morgan fingerprint density at radius 1 is 0.719 bits per heavy atom. The number of rotatable bonds is 2. The Labute approximate surface area is 186 Å². The lowest BCUT2D eigenvalue weighted by Crippen LogP contribution is -2.11. The average Bonchev–Trinajstić information content (AvgIpc) is 3.09. The van der Waals surface area contributed by atoms with E-state index in [1.165, 1.54) is 16.7 Å². The maximum atomic E-state index is 12.7. The van der Waals surface area contributed by atoms with Crippen molar-refractivity contribution in [2.75, 3.05) is 0 Å². The second kappa shape index (κ2) is 7.52. The summed E-state index contributed by atoms with van der Waals surface area (Å²) in [4.78, 5) is 12.7. The van der Waals surface area contributed by atoms with Gasteiger partial charge in [0.05, 0.1) is 6.26 Å². The van der Waals surface area contributed by atoms with E-state index in [2.05, 4.69) is 54.6 Å². The molecule has 0 bridgehead atoms. The zero-order valence-electron chi connectivity index (χ0n) is 18.1. The van der Waals surface area contributed by atoms with Crippen LogP contribution < -0.4 is 5.63 Å². The zero-order chi connectivity index (χ0) is 21.7. The monoisotopic (exact) mass is 420 g/mol. The Morgan fingerprint density at radius 2 is 1.41 bits per heavy atom. The molecular formula is C29H24O3. The number of fused-ring (bicyclic) bond motifs is 4. The number of benzene rings is 3. The molecule has 1 aliphatic rings. The van der Waals surface area contributed by atoms with E-state index in [4.69, 9.17) is 8.83 Å². The largest absolute Gasteiger partial charge is 0.463 e. The first-order chi connectivity index (χ1) is 15.7. The van der Waals surface area contributed by atoms with Gasteiger partial charge in [-0.3, -0.25) is 0 Å². The van der Waals surface area contributed by atoms with E-state index in [0.29, 0.717) is 5.58 Å². The predicted octanol–water partition coefficient (Wildman–Crippen LogP) is 7.45. The molecule has 0 spiro atoms. The summed E-state index contributed by atoms with van der Waals surface area (Å²) in [7, 11) is 0. The van der Waals surface area contributed by atoms with Gasteiger partial charge in [0, 0.05) is 27.5 Å². The van der Waals surface area contributed by atoms with E-state index in [-0.39, 0.29) is 5.63 Å². The number of hydrogen-bond acceptors (Lipinski definition) is 3. The molecule has 0 saturated carbocycles. The Morgan fingerprint density at radius 3 is 2.19 bits per heavy atom. The van der Waals surface area contributed by atoms with Crippen LogP contribution in [0.15, 0.2) is 80.6 Å². The van der Waals surface area contributed by atoms with Crippen LogP contribution in [0.4, 0.5) is 0 Å². The molecule has 0 unspecified atom stereocenters. The Bertz CT molecular complexity index is 1500. The van der Waals surface area contributed by atoms with Crippen molar-refractivity contribution in [1.29, 1.82) is 0 Å². The third-order valence-corrected chi connectivity index (χ3v) is 6.83. The molecule has 32 heavy (non-hydrogen) atoms. The predicted molar refractivity (Wildman–Crippen MR) is 129 cm³/mol. The van der Waals surface area contributed by atoms with Gasteiger partial charge in [-0.05, 0) is 60.9 Å². The third kappa shape index (κ3) is 3.00. The molecule has 0 saturated heterocycles. The Balaban J connectivity index is 1.54. The van der Waals surface area contributed by atoms with Gasteiger partial charge in [0.15, 0.2) is 0 Å². The van der Waals surface area contributed by atoms with Crippen molar-refractivity contribution in [1.82, 2.24) is 0 Å². The summed E-state index contributed by atoms with van der Waals surface area (Å²) in [5, 5.41) is 2.14. The van der Waals surface area contributed by atoms with Crippen LogP contribution in [0.25, 0.3) is 44.2 Å². The van der Waals surface area contributed by atoms with Crippen LogP contribution in [0.3, 0.4) is 0 Å². The van der Waals surface area contributed by atoms with Crippen LogP contribution in [-0.4, -0.2) is 0 Å². The van der Waals surface area contributed by atoms with Crippen molar-refractivity contribution in [2.45, 2.75) is 39.0 Å². The maximum Gasteiger partial charge on any atom is 0.339 e. The lowest BCUT2D eigenvalue weighted by molar-refractivity contribution is 0.543. The van der Waals surface area contributed by atoms with E-state index >= 15 is 0 Å². The van der Waals surface area contributed by atoms with Crippen LogP contribution in [0.2, 0.25) is 0 Å². The second-order valence-electron chi connectivity index (χ2n) is 8.75. The first kappa shape index (κ1) is 19.1. The molecule has 0 radical (unpaired) electrons. The van der Waals surface area contributed by atoms with Gasteiger partial charge in [-0.25, -0.2) is 4.79 Å². The molecule has 0 N–H and O–H groups in total. The average molecular weight is 421 g/mol. The van der Waals surface area contributed by atoms with Crippen LogP contribution in [0.1, 0.15) is 36.0 Å². The third-order valence-electron chi connectivity index (χ3n) is 6.83. The van der Waals surface area contributed by atoms with Gasteiger partial charge in [-0.2, -0.15) is 0 Å². The summed E-state index contributed by atoms with van der Waals surface area (Å²) in [6, 6.07) is 21.2. The summed E-state index contributed by atoms with van der Waals surface area (Å²) in [5.41, 5.74) is 8.79. The molecule has 6 rings (SSSR count). The fraction of sp³-hybridized carbons (Fsp3) is 0.207. The first-order valence-corrected chi connectivity index (χ1v) is 11.4. The normalized spacial score (nSPS) is 13.9. The highest BCUT2D eigenvalue weighted by molar-refractivity contribution is 6.05. The molecule has 0 atom stereocenters. The summed E-state index contributed by atoms with van der Waals surface area (Å²) in [5.74, 6) is 0. The molecule has 3 aromatic carbocycles. The fourth-order valence-electron chi connectivity index (χ4n) is 5.13. The van der Waals surface area contributed by atoms with Gasteiger partial charge in [0.25, 0.3) is 0 Å². The van der Waals surface area contributed by atoms with E-state index < -0.39 is 0 Å². The van der Waals surface area contributed by atoms with Gasteiger partial charge < -0.3 is 8.83 Å². The molecule has 1 aliphatic carbocycles. The highest BCUT2D eigenvalue weighted by Crippen LogP contribution is 2.38. The highest BCUT2D eigenvalue weighted by atomic mass is 16.4. The molecule has 3 nitrogen and oxygen atoms in total. The minimum Gasteiger partial charge on any atom is -0.463 e. The van der Waals surface area contributed by atoms with Crippen LogP contribution in [-0.2, 0) is 12.8 Å². The van der Waals surface area contributed by atoms with Crippen molar-refractivity contribution >= 4 is 21.9 Å². The molecule has 2 aromatic heterocycles. The summed E-state index contributed by atoms with van der Waals surface area (Å²) in [6.45, 7) is 1.99. The Kier molecular flexibility index (Phi) is 4.50. The second-order valence-corrected chi connectivity index (χ2v) is 8.75. The van der Waals surface area contributed by atoms with Crippen molar-refractivity contribution in [3.05, 3.63) is 94.0 Å². The number of aryl methyl sites for hydroxylation is 2. The molecule has 5 aromatic rings. The lowest BCUT2D eigenvalue weighted by atomic mass is 9.95. The van der Waals surface area contributed by atoms with Crippen molar-refractivity contribution in [3.63, 3.8) is 0 Å². The maximum absolute atomic E-state index is 12.7. The van der Waals surface area contributed by atoms with Crippen LogP contribution >= 0.6 is 0 Å². The molecule has 2 heterocycles. The minimum atomic E-state index is -0.180. The first-order valence-electron chi connectivity index (χ1n) is 11.4. The lowest BCUT2D eigenvalue weighted by Gasteiger charge is -2.11. The van der Waals surface area contributed by atoms with Gasteiger partial charge in [0.1, 0.15) is 11.2 Å². The topological polar surface area (TPSA) is 43.4 Å². The highest BCUT2D eigenvalue weighted by Gasteiger charge is 2.21. The summed E-state index contributed by atoms with van der Waals surface area (Å²) < 4.78 is 11.8. The molecule has 0 aliphatic heterocycles. The van der Waals surface area contributed by atoms with Gasteiger partial charge >= 0.3 is 5.63 Å². The van der Waals surface area contributed by atoms with Gasteiger partial charge in [-0.15, -0.1) is 0 Å². The van der Waals surface area contributed by atoms with E-state index in [0.717, 1.165) is 70.7 Å². The Hall–Kier alpha value is -3.59. The standard InChI is InChI=1S/C29H24O3/c1-18-27-25(16-24-22-10-6-3-7-11-23(22)29(30)32-28(18)24)26(17-31-27)21-14-12-20(13-15-21)19-8-4-2-5-9-19/h2,4-5,8-9,12-17H,3,6-7,10-11H2,1H3.